The number of halogens is 1. The molecule has 174 valence electrons. The van der Waals surface area contributed by atoms with E-state index in [2.05, 4.69) is 27.3 Å². The first-order chi connectivity index (χ1) is 16.4. The summed E-state index contributed by atoms with van der Waals surface area (Å²) in [7, 11) is 0. The van der Waals surface area contributed by atoms with E-state index in [0.717, 1.165) is 58.7 Å². The summed E-state index contributed by atoms with van der Waals surface area (Å²) >= 11 is 6.33. The van der Waals surface area contributed by atoms with Crippen LogP contribution >= 0.6 is 11.6 Å². The van der Waals surface area contributed by atoms with Crippen molar-refractivity contribution in [3.8, 4) is 5.69 Å². The second-order valence-electron chi connectivity index (χ2n) is 8.92. The van der Waals surface area contributed by atoms with Crippen molar-refractivity contribution in [2.45, 2.75) is 33.6 Å². The van der Waals surface area contributed by atoms with Gasteiger partial charge < -0.3 is 10.2 Å². The zero-order valence-corrected chi connectivity index (χ0v) is 20.3. The average Bonchev–Trinajstić information content (AvgIpc) is 3.19. The first-order valence-electron chi connectivity index (χ1n) is 11.5. The smallest absolute Gasteiger partial charge is 0.229 e. The first-order valence-corrected chi connectivity index (χ1v) is 11.9. The molecule has 7 nitrogen and oxygen atoms in total. The molecule has 1 aliphatic rings. The zero-order valence-electron chi connectivity index (χ0n) is 19.5. The van der Waals surface area contributed by atoms with Gasteiger partial charge in [-0.2, -0.15) is 10.2 Å². The zero-order chi connectivity index (χ0) is 23.8. The highest BCUT2D eigenvalue weighted by atomic mass is 35.5. The third kappa shape index (κ3) is 4.12. The van der Waals surface area contributed by atoms with Crippen LogP contribution in [0.15, 0.2) is 48.5 Å². The van der Waals surface area contributed by atoms with Gasteiger partial charge in [-0.05, 0) is 63.4 Å². The molecule has 4 aromatic rings. The van der Waals surface area contributed by atoms with Crippen LogP contribution in [0.3, 0.4) is 0 Å². The Kier molecular flexibility index (Phi) is 5.96. The number of rotatable bonds is 4. The fourth-order valence-electron chi connectivity index (χ4n) is 4.69. The molecule has 0 saturated carbocycles. The van der Waals surface area contributed by atoms with E-state index in [1.807, 2.05) is 67.1 Å². The van der Waals surface area contributed by atoms with E-state index < -0.39 is 0 Å². The molecule has 0 spiro atoms. The summed E-state index contributed by atoms with van der Waals surface area (Å²) in [5, 5.41) is 18.5. The van der Waals surface area contributed by atoms with Crippen molar-refractivity contribution >= 4 is 39.9 Å². The molecule has 1 atom stereocenters. The Hall–Kier alpha value is -3.45. The van der Waals surface area contributed by atoms with Crippen molar-refractivity contribution in [1.29, 1.82) is 0 Å². The van der Waals surface area contributed by atoms with Gasteiger partial charge in [-0.25, -0.2) is 4.68 Å². The Balaban J connectivity index is 1.44. The largest absolute Gasteiger partial charge is 0.352 e. The van der Waals surface area contributed by atoms with Crippen LogP contribution in [0.4, 0.5) is 11.5 Å². The molecule has 5 rings (SSSR count). The van der Waals surface area contributed by atoms with Crippen LogP contribution in [0.1, 0.15) is 29.8 Å². The Labute approximate surface area is 203 Å². The molecule has 0 aliphatic carbocycles. The maximum Gasteiger partial charge on any atom is 0.229 e. The van der Waals surface area contributed by atoms with Gasteiger partial charge in [0.15, 0.2) is 5.82 Å². The molecule has 0 radical (unpaired) electrons. The van der Waals surface area contributed by atoms with Crippen LogP contribution in [0.25, 0.3) is 16.6 Å². The van der Waals surface area contributed by atoms with Gasteiger partial charge in [-0.15, -0.1) is 5.10 Å². The summed E-state index contributed by atoms with van der Waals surface area (Å²) in [6.07, 6.45) is 1.70. The number of carbonyl (C=O) groups excluding carboxylic acids is 1. The summed E-state index contributed by atoms with van der Waals surface area (Å²) in [6, 6.07) is 15.7. The molecule has 0 bridgehead atoms. The average molecular weight is 475 g/mol. The van der Waals surface area contributed by atoms with Crippen LogP contribution in [0.2, 0.25) is 5.02 Å². The van der Waals surface area contributed by atoms with Crippen LogP contribution < -0.4 is 10.2 Å². The molecular weight excluding hydrogens is 448 g/mol. The number of carbonyl (C=O) groups is 1. The number of hydrogen-bond donors (Lipinski definition) is 1. The fraction of sp³-hybridized carbons (Fsp3) is 0.308. The number of para-hydroxylation sites is 1. The van der Waals surface area contributed by atoms with Crippen molar-refractivity contribution in [2.75, 3.05) is 23.3 Å². The maximum atomic E-state index is 13.1. The molecule has 2 aromatic carbocycles. The van der Waals surface area contributed by atoms with E-state index in [9.17, 15) is 4.79 Å². The molecule has 1 fully saturated rings. The third-order valence-corrected chi connectivity index (χ3v) is 6.77. The molecule has 0 unspecified atom stereocenters. The van der Waals surface area contributed by atoms with Crippen molar-refractivity contribution in [3.05, 3.63) is 70.5 Å². The van der Waals surface area contributed by atoms with E-state index in [0.29, 0.717) is 17.3 Å². The summed E-state index contributed by atoms with van der Waals surface area (Å²) < 4.78 is 1.94. The number of aryl methyl sites for hydroxylation is 3. The third-order valence-electron chi connectivity index (χ3n) is 6.46. The van der Waals surface area contributed by atoms with E-state index in [-0.39, 0.29) is 11.8 Å². The quantitative estimate of drug-likeness (QED) is 0.437. The minimum absolute atomic E-state index is 0.0298. The molecule has 1 saturated heterocycles. The number of fused-ring (bicyclic) bond motifs is 1. The Bertz CT molecular complexity index is 1370. The normalized spacial score (nSPS) is 16.1. The van der Waals surface area contributed by atoms with E-state index in [1.165, 1.54) is 0 Å². The summed E-state index contributed by atoms with van der Waals surface area (Å²) in [5.74, 6) is 0.517. The Morgan fingerprint density at radius 1 is 1.09 bits per heavy atom. The number of hydrogen-bond acceptors (Lipinski definition) is 5. The van der Waals surface area contributed by atoms with Gasteiger partial charge in [0.25, 0.3) is 0 Å². The standard InChI is InChI=1S/C26H27ClN6O/c1-16-11-12-22(21(27)14-16)28-26(34)19-8-7-13-32(15-19)25-24-23(17(2)29-30-25)18(3)33(31-24)20-9-5-4-6-10-20/h4-6,9-12,14,19H,7-8,13,15H2,1-3H3,(H,28,34)/t19-/m1/s1. The lowest BCUT2D eigenvalue weighted by Crippen LogP contribution is -2.41. The van der Waals surface area contributed by atoms with E-state index in [1.54, 1.807) is 0 Å². The molecule has 1 amide bonds. The van der Waals surface area contributed by atoms with Gasteiger partial charge in [0.1, 0.15) is 5.52 Å². The van der Waals surface area contributed by atoms with Gasteiger partial charge in [-0.3, -0.25) is 4.79 Å². The van der Waals surface area contributed by atoms with Crippen LogP contribution in [0, 0.1) is 26.7 Å². The molecular formula is C26H27ClN6O. The number of nitrogens with zero attached hydrogens (tertiary/aromatic N) is 5. The minimum atomic E-state index is -0.179. The van der Waals surface area contributed by atoms with Crippen molar-refractivity contribution in [3.63, 3.8) is 0 Å². The van der Waals surface area contributed by atoms with Gasteiger partial charge in [-0.1, -0.05) is 35.9 Å². The second-order valence-corrected chi connectivity index (χ2v) is 9.33. The number of benzene rings is 2. The predicted molar refractivity (Wildman–Crippen MR) is 136 cm³/mol. The highest BCUT2D eigenvalue weighted by molar-refractivity contribution is 6.33. The molecule has 8 heteroatoms. The van der Waals surface area contributed by atoms with Gasteiger partial charge in [0, 0.05) is 13.1 Å². The van der Waals surface area contributed by atoms with E-state index in [4.69, 9.17) is 16.7 Å². The second kappa shape index (κ2) is 9.06. The minimum Gasteiger partial charge on any atom is -0.352 e. The number of anilines is 2. The Morgan fingerprint density at radius 3 is 2.65 bits per heavy atom. The number of aromatic nitrogens is 4. The lowest BCUT2D eigenvalue weighted by molar-refractivity contribution is -0.120. The monoisotopic (exact) mass is 474 g/mol. The number of piperidine rings is 1. The highest BCUT2D eigenvalue weighted by Gasteiger charge is 2.29. The van der Waals surface area contributed by atoms with Crippen molar-refractivity contribution < 1.29 is 4.79 Å². The number of amides is 1. The summed E-state index contributed by atoms with van der Waals surface area (Å²) in [6.45, 7) is 7.35. The first kappa shape index (κ1) is 22.3. The SMILES string of the molecule is Cc1ccc(NC(=O)[C@@H]2CCCN(c3nnc(C)c4c(C)n(-c5ccccc5)nc34)C2)c(Cl)c1. The van der Waals surface area contributed by atoms with Crippen molar-refractivity contribution in [2.24, 2.45) is 5.92 Å². The predicted octanol–water partition coefficient (Wildman–Crippen LogP) is 5.25. The van der Waals surface area contributed by atoms with Crippen LogP contribution in [0.5, 0.6) is 0 Å². The van der Waals surface area contributed by atoms with Crippen LogP contribution in [-0.2, 0) is 4.79 Å². The summed E-state index contributed by atoms with van der Waals surface area (Å²) in [4.78, 5) is 15.2. The fourth-order valence-corrected chi connectivity index (χ4v) is 4.97. The topological polar surface area (TPSA) is 75.9 Å². The maximum absolute atomic E-state index is 13.1. The Morgan fingerprint density at radius 2 is 1.88 bits per heavy atom. The van der Waals surface area contributed by atoms with Crippen LogP contribution in [-0.4, -0.2) is 39.0 Å². The number of nitrogens with one attached hydrogen (secondary N) is 1. The molecule has 3 heterocycles. The van der Waals surface area contributed by atoms with Gasteiger partial charge >= 0.3 is 0 Å². The molecule has 34 heavy (non-hydrogen) atoms. The lowest BCUT2D eigenvalue weighted by atomic mass is 9.96. The molecule has 2 aromatic heterocycles. The van der Waals surface area contributed by atoms with E-state index >= 15 is 0 Å². The lowest BCUT2D eigenvalue weighted by Gasteiger charge is -2.32. The van der Waals surface area contributed by atoms with Gasteiger partial charge in [0.05, 0.1) is 39.1 Å². The highest BCUT2D eigenvalue weighted by Crippen LogP contribution is 2.32. The molecule has 1 aliphatic heterocycles. The van der Waals surface area contributed by atoms with Gasteiger partial charge in [0.2, 0.25) is 5.91 Å². The van der Waals surface area contributed by atoms with Crippen molar-refractivity contribution in [1.82, 2.24) is 20.0 Å². The summed E-state index contributed by atoms with van der Waals surface area (Å²) in [5.41, 5.74) is 5.38. The molecule has 1 N–H and O–H groups in total.